The highest BCUT2D eigenvalue weighted by atomic mass is 32.2. The standard InChI is InChI=1S/C25H23N3O4S/c1-25(2,33(3,31)32)20-15-18-8-5-11-26-23(18)22(16-20)17-6-4-7-19(14-17)24(29)27-21-9-12-28(30)13-10-21/h4-16H,1-3H3,(H,27,29). The number of hydrogen-bond acceptors (Lipinski definition) is 5. The summed E-state index contributed by atoms with van der Waals surface area (Å²) >= 11 is 0. The fourth-order valence-electron chi connectivity index (χ4n) is 3.50. The van der Waals surface area contributed by atoms with Gasteiger partial charge in [-0.15, -0.1) is 0 Å². The molecule has 0 saturated carbocycles. The van der Waals surface area contributed by atoms with E-state index >= 15 is 0 Å². The molecule has 1 amide bonds. The summed E-state index contributed by atoms with van der Waals surface area (Å²) in [6.07, 6.45) is 5.52. The molecule has 0 aliphatic heterocycles. The molecule has 0 atom stereocenters. The molecule has 1 N–H and O–H groups in total. The van der Waals surface area contributed by atoms with Crippen molar-refractivity contribution in [1.29, 1.82) is 0 Å². The number of benzene rings is 2. The zero-order valence-electron chi connectivity index (χ0n) is 18.4. The number of carbonyl (C=O) groups is 1. The lowest BCUT2D eigenvalue weighted by Crippen LogP contribution is -2.28. The van der Waals surface area contributed by atoms with E-state index in [0.717, 1.165) is 16.5 Å². The van der Waals surface area contributed by atoms with Gasteiger partial charge in [-0.2, -0.15) is 4.73 Å². The Labute approximate surface area is 192 Å². The van der Waals surface area contributed by atoms with Gasteiger partial charge in [0.25, 0.3) is 5.91 Å². The van der Waals surface area contributed by atoms with Gasteiger partial charge < -0.3 is 10.5 Å². The van der Waals surface area contributed by atoms with Crippen LogP contribution < -0.4 is 10.0 Å². The molecule has 0 saturated heterocycles. The van der Waals surface area contributed by atoms with Crippen molar-refractivity contribution in [3.8, 4) is 11.1 Å². The average Bonchev–Trinajstić information content (AvgIpc) is 2.79. The van der Waals surface area contributed by atoms with E-state index in [9.17, 15) is 18.4 Å². The van der Waals surface area contributed by atoms with Crippen LogP contribution in [0.1, 0.15) is 29.8 Å². The highest BCUT2D eigenvalue weighted by Gasteiger charge is 2.33. The van der Waals surface area contributed by atoms with Crippen LogP contribution in [0.4, 0.5) is 5.69 Å². The summed E-state index contributed by atoms with van der Waals surface area (Å²) in [7, 11) is -3.39. The predicted octanol–water partition coefficient (Wildman–Crippen LogP) is 4.07. The Kier molecular flexibility index (Phi) is 5.63. The molecule has 168 valence electrons. The summed E-state index contributed by atoms with van der Waals surface area (Å²) in [6.45, 7) is 3.36. The Bertz CT molecular complexity index is 1460. The van der Waals surface area contributed by atoms with Gasteiger partial charge in [-0.05, 0) is 55.3 Å². The number of carbonyl (C=O) groups excluding carboxylic acids is 1. The van der Waals surface area contributed by atoms with Crippen molar-refractivity contribution >= 4 is 32.3 Å². The van der Waals surface area contributed by atoms with E-state index in [1.165, 1.54) is 30.8 Å². The SMILES string of the molecule is CC(C)(c1cc(-c2cccc(C(=O)Nc3cc[n+]([O-])cc3)c2)c2ncccc2c1)S(C)(=O)=O. The van der Waals surface area contributed by atoms with Crippen LogP contribution in [0.5, 0.6) is 0 Å². The van der Waals surface area contributed by atoms with Crippen molar-refractivity contribution in [3.63, 3.8) is 0 Å². The molecule has 0 bridgehead atoms. The summed E-state index contributed by atoms with van der Waals surface area (Å²) in [6, 6.07) is 17.5. The fourth-order valence-corrected chi connectivity index (χ4v) is 4.05. The van der Waals surface area contributed by atoms with Gasteiger partial charge in [0.1, 0.15) is 0 Å². The smallest absolute Gasteiger partial charge is 0.255 e. The first-order chi connectivity index (χ1) is 15.6. The summed E-state index contributed by atoms with van der Waals surface area (Å²) in [5.41, 5.74) is 3.76. The van der Waals surface area contributed by atoms with Gasteiger partial charge in [0.05, 0.1) is 16.0 Å². The van der Waals surface area contributed by atoms with E-state index in [-0.39, 0.29) is 5.91 Å². The lowest BCUT2D eigenvalue weighted by atomic mass is 9.93. The molecule has 2 aromatic heterocycles. The molecule has 33 heavy (non-hydrogen) atoms. The van der Waals surface area contributed by atoms with Gasteiger partial charge in [0.15, 0.2) is 22.2 Å². The van der Waals surface area contributed by atoms with Gasteiger partial charge >= 0.3 is 0 Å². The number of pyridine rings is 2. The number of anilines is 1. The molecule has 0 unspecified atom stereocenters. The minimum atomic E-state index is -3.39. The molecule has 4 aromatic rings. The molecule has 0 radical (unpaired) electrons. The quantitative estimate of drug-likeness (QED) is 0.356. The van der Waals surface area contributed by atoms with Gasteiger partial charge in [-0.25, -0.2) is 8.42 Å². The zero-order chi connectivity index (χ0) is 23.8. The molecule has 2 heterocycles. The molecular weight excluding hydrogens is 438 g/mol. The maximum Gasteiger partial charge on any atom is 0.255 e. The van der Waals surface area contributed by atoms with Gasteiger partial charge in [0, 0.05) is 41.1 Å². The van der Waals surface area contributed by atoms with Gasteiger partial charge in [-0.3, -0.25) is 9.78 Å². The van der Waals surface area contributed by atoms with Crippen molar-refractivity contribution in [3.05, 3.63) is 95.6 Å². The third-order valence-corrected chi connectivity index (χ3v) is 7.91. The Balaban J connectivity index is 1.80. The Hall–Kier alpha value is -3.78. The zero-order valence-corrected chi connectivity index (χ0v) is 19.3. The van der Waals surface area contributed by atoms with E-state index in [1.807, 2.05) is 24.3 Å². The van der Waals surface area contributed by atoms with Gasteiger partial charge in [-0.1, -0.05) is 18.2 Å². The molecule has 0 fully saturated rings. The second-order valence-electron chi connectivity index (χ2n) is 8.36. The largest absolute Gasteiger partial charge is 0.619 e. The van der Waals surface area contributed by atoms with Crippen molar-refractivity contribution in [2.75, 3.05) is 11.6 Å². The first kappa shape index (κ1) is 22.4. The number of nitrogens with zero attached hydrogens (tertiary/aromatic N) is 2. The third-order valence-electron chi connectivity index (χ3n) is 5.82. The van der Waals surface area contributed by atoms with Crippen LogP contribution in [0.15, 0.2) is 79.3 Å². The monoisotopic (exact) mass is 461 g/mol. The predicted molar refractivity (Wildman–Crippen MR) is 128 cm³/mol. The molecule has 0 aliphatic rings. The number of nitrogens with one attached hydrogen (secondary N) is 1. The molecule has 4 rings (SSSR count). The maximum atomic E-state index is 12.8. The van der Waals surface area contributed by atoms with Crippen molar-refractivity contribution in [2.45, 2.75) is 18.6 Å². The third kappa shape index (κ3) is 4.42. The van der Waals surface area contributed by atoms with E-state index in [2.05, 4.69) is 10.3 Å². The van der Waals surface area contributed by atoms with Crippen LogP contribution in [-0.4, -0.2) is 25.6 Å². The number of aromatic nitrogens is 2. The normalized spacial score (nSPS) is 12.0. The number of rotatable bonds is 5. The molecule has 0 aliphatic carbocycles. The maximum absolute atomic E-state index is 12.8. The first-order valence-electron chi connectivity index (χ1n) is 10.3. The average molecular weight is 462 g/mol. The van der Waals surface area contributed by atoms with E-state index in [1.54, 1.807) is 44.3 Å². The number of amides is 1. The Morgan fingerprint density at radius 2 is 1.76 bits per heavy atom. The molecule has 7 nitrogen and oxygen atoms in total. The van der Waals surface area contributed by atoms with E-state index < -0.39 is 14.6 Å². The molecule has 0 spiro atoms. The number of fused-ring (bicyclic) bond motifs is 1. The summed E-state index contributed by atoms with van der Waals surface area (Å²) in [4.78, 5) is 17.3. The summed E-state index contributed by atoms with van der Waals surface area (Å²) < 4.78 is 24.5. The Morgan fingerprint density at radius 1 is 1.03 bits per heavy atom. The van der Waals surface area contributed by atoms with Crippen LogP contribution in [-0.2, 0) is 14.6 Å². The van der Waals surface area contributed by atoms with Crippen LogP contribution >= 0.6 is 0 Å². The summed E-state index contributed by atoms with van der Waals surface area (Å²) in [5, 5.41) is 14.8. The minimum absolute atomic E-state index is 0.328. The Morgan fingerprint density at radius 3 is 2.45 bits per heavy atom. The molecule has 2 aromatic carbocycles. The highest BCUT2D eigenvalue weighted by molar-refractivity contribution is 7.91. The summed E-state index contributed by atoms with van der Waals surface area (Å²) in [5.74, 6) is -0.328. The van der Waals surface area contributed by atoms with Crippen molar-refractivity contribution in [1.82, 2.24) is 4.98 Å². The van der Waals surface area contributed by atoms with E-state index in [4.69, 9.17) is 0 Å². The topological polar surface area (TPSA) is 103 Å². The van der Waals surface area contributed by atoms with Crippen LogP contribution in [0.3, 0.4) is 0 Å². The fraction of sp³-hybridized carbons (Fsp3) is 0.160. The minimum Gasteiger partial charge on any atom is -0.619 e. The molecule has 8 heteroatoms. The lowest BCUT2D eigenvalue weighted by molar-refractivity contribution is -0.605. The second kappa shape index (κ2) is 8.29. The first-order valence-corrected chi connectivity index (χ1v) is 12.1. The number of sulfone groups is 1. The van der Waals surface area contributed by atoms with Crippen LogP contribution in [0.25, 0.3) is 22.0 Å². The van der Waals surface area contributed by atoms with Crippen LogP contribution in [0.2, 0.25) is 0 Å². The lowest BCUT2D eigenvalue weighted by Gasteiger charge is -2.24. The molecular formula is C25H23N3O4S. The highest BCUT2D eigenvalue weighted by Crippen LogP contribution is 2.36. The van der Waals surface area contributed by atoms with Crippen molar-refractivity contribution < 1.29 is 17.9 Å². The van der Waals surface area contributed by atoms with Gasteiger partial charge in [0.2, 0.25) is 0 Å². The number of hydrogen-bond donors (Lipinski definition) is 1. The van der Waals surface area contributed by atoms with Crippen LogP contribution in [0, 0.1) is 5.21 Å². The second-order valence-corrected chi connectivity index (χ2v) is 10.9. The van der Waals surface area contributed by atoms with E-state index in [0.29, 0.717) is 27.1 Å². The van der Waals surface area contributed by atoms with Crippen molar-refractivity contribution in [2.24, 2.45) is 0 Å².